The Hall–Kier alpha value is -3.71. The van der Waals surface area contributed by atoms with Crippen molar-refractivity contribution in [3.05, 3.63) is 29.8 Å². The van der Waals surface area contributed by atoms with E-state index in [9.17, 15) is 24.0 Å². The number of ketones is 1. The normalized spacial score (nSPS) is 12.7. The number of carbonyl (C=O) groups excluding carboxylic acids is 5. The number of Topliss-reactive ketones (excluding diaryl/α,β-unsaturated/α-hetero) is 1. The lowest BCUT2D eigenvalue weighted by Gasteiger charge is -2.33. The fourth-order valence-electron chi connectivity index (χ4n) is 4.64. The van der Waals surface area contributed by atoms with Crippen LogP contribution in [0.1, 0.15) is 85.1 Å². The quantitative estimate of drug-likeness (QED) is 0.124. The van der Waals surface area contributed by atoms with Crippen LogP contribution in [-0.4, -0.2) is 91.4 Å². The first-order chi connectivity index (χ1) is 22.0. The predicted octanol–water partition coefficient (Wildman–Crippen LogP) is 3.61. The monoisotopic (exact) mass is 661 g/mol. The topological polar surface area (TPSA) is 189 Å². The zero-order valence-corrected chi connectivity index (χ0v) is 29.5. The molecule has 0 bridgehead atoms. The molecule has 266 valence electrons. The van der Waals surface area contributed by atoms with Crippen molar-refractivity contribution in [1.82, 2.24) is 20.4 Å². The minimum absolute atomic E-state index is 0.00199. The highest BCUT2D eigenvalue weighted by atomic mass is 16.6. The molecule has 0 heterocycles. The van der Waals surface area contributed by atoms with Crippen molar-refractivity contribution in [2.75, 3.05) is 45.6 Å². The Kier molecular flexibility index (Phi) is 18.7. The number of nitrogens with two attached hydrogens (primary N) is 2. The third kappa shape index (κ3) is 17.1. The van der Waals surface area contributed by atoms with E-state index in [0.29, 0.717) is 51.0 Å². The number of anilines is 1. The molecule has 0 unspecified atom stereocenters. The van der Waals surface area contributed by atoms with Crippen molar-refractivity contribution < 1.29 is 28.7 Å². The molecule has 0 saturated heterocycles. The van der Waals surface area contributed by atoms with Gasteiger partial charge in [-0.1, -0.05) is 32.4 Å². The highest BCUT2D eigenvalue weighted by molar-refractivity contribution is 5.97. The number of carbonyl (C=O) groups is 5. The van der Waals surface area contributed by atoms with E-state index in [0.717, 1.165) is 18.4 Å². The summed E-state index contributed by atoms with van der Waals surface area (Å²) in [5.74, 6) is -1.65. The number of unbranched alkanes of at least 4 members (excludes halogenated alkanes) is 2. The molecule has 0 aliphatic carbocycles. The smallest absolute Gasteiger partial charge is 0.409 e. The second kappa shape index (κ2) is 21.2. The molecule has 0 spiro atoms. The first kappa shape index (κ1) is 41.3. The lowest BCUT2D eigenvalue weighted by molar-refractivity contribution is -0.131. The highest BCUT2D eigenvalue weighted by Crippen LogP contribution is 2.20. The van der Waals surface area contributed by atoms with Crippen LogP contribution >= 0.6 is 0 Å². The number of likely N-dealkylation sites (N-methyl/N-ethyl adjacent to an activating group) is 2. The number of urea groups is 1. The van der Waals surface area contributed by atoms with Crippen LogP contribution in [0.25, 0.3) is 0 Å². The predicted molar refractivity (Wildman–Crippen MR) is 184 cm³/mol. The molecule has 0 fully saturated rings. The van der Waals surface area contributed by atoms with Crippen molar-refractivity contribution in [3.63, 3.8) is 0 Å². The zero-order chi connectivity index (χ0) is 35.6. The van der Waals surface area contributed by atoms with Crippen LogP contribution in [0, 0.1) is 11.8 Å². The molecule has 1 aromatic carbocycles. The Morgan fingerprint density at radius 1 is 0.936 bits per heavy atom. The number of hydrogen-bond acceptors (Lipinski definition) is 8. The van der Waals surface area contributed by atoms with Crippen molar-refractivity contribution in [1.29, 1.82) is 0 Å². The number of benzene rings is 1. The third-order valence-corrected chi connectivity index (χ3v) is 8.10. The molecule has 1 rings (SSSR count). The summed E-state index contributed by atoms with van der Waals surface area (Å²) >= 11 is 0. The fourth-order valence-corrected chi connectivity index (χ4v) is 4.64. The second-order valence-corrected chi connectivity index (χ2v) is 13.4. The van der Waals surface area contributed by atoms with Crippen LogP contribution < -0.4 is 27.4 Å². The number of nitrogens with one attached hydrogen (secondary N) is 3. The van der Waals surface area contributed by atoms with Crippen molar-refractivity contribution in [3.8, 4) is 0 Å². The van der Waals surface area contributed by atoms with Crippen LogP contribution in [0.2, 0.25) is 0 Å². The maximum Gasteiger partial charge on any atom is 0.409 e. The van der Waals surface area contributed by atoms with Gasteiger partial charge in [0.25, 0.3) is 0 Å². The van der Waals surface area contributed by atoms with Crippen LogP contribution in [0.3, 0.4) is 0 Å². The standard InChI is InChI=1S/C34H59N7O6/c1-24(2)30(39-29(43)13-9-8-10-18-35)28(42)22-26(12-11-19-37-32(36)45)31(44)38-27-16-14-25(15-17-27)23-47-33(46)40(6)20-21-41(7)34(3,4)5/h14-17,24,26,30H,8-13,18-23,35H2,1-7H3,(H,38,44)(H,39,43)(H3,36,37,45)/t26-,30+/m1/s1. The lowest BCUT2D eigenvalue weighted by Crippen LogP contribution is -2.45. The van der Waals surface area contributed by atoms with Crippen LogP contribution in [0.5, 0.6) is 0 Å². The molecule has 13 heteroatoms. The second-order valence-electron chi connectivity index (χ2n) is 13.4. The summed E-state index contributed by atoms with van der Waals surface area (Å²) < 4.78 is 5.45. The number of hydrogen-bond donors (Lipinski definition) is 5. The van der Waals surface area contributed by atoms with Crippen LogP contribution in [0.15, 0.2) is 24.3 Å². The average Bonchev–Trinajstić information content (AvgIpc) is 3.00. The van der Waals surface area contributed by atoms with E-state index in [1.54, 1.807) is 31.3 Å². The first-order valence-electron chi connectivity index (χ1n) is 16.6. The summed E-state index contributed by atoms with van der Waals surface area (Å²) in [4.78, 5) is 66.6. The largest absolute Gasteiger partial charge is 0.445 e. The highest BCUT2D eigenvalue weighted by Gasteiger charge is 2.29. The van der Waals surface area contributed by atoms with E-state index in [4.69, 9.17) is 16.2 Å². The van der Waals surface area contributed by atoms with E-state index >= 15 is 0 Å². The van der Waals surface area contributed by atoms with Gasteiger partial charge in [0.15, 0.2) is 5.78 Å². The van der Waals surface area contributed by atoms with Gasteiger partial charge >= 0.3 is 12.1 Å². The third-order valence-electron chi connectivity index (χ3n) is 8.10. The average molecular weight is 662 g/mol. The molecule has 0 aliphatic rings. The van der Waals surface area contributed by atoms with E-state index < -0.39 is 24.1 Å². The van der Waals surface area contributed by atoms with Gasteiger partial charge in [-0.15, -0.1) is 0 Å². The molecule has 0 aliphatic heterocycles. The Morgan fingerprint density at radius 2 is 1.60 bits per heavy atom. The number of ether oxygens (including phenoxy) is 1. The Balaban J connectivity index is 2.82. The van der Waals surface area contributed by atoms with Gasteiger partial charge in [0.05, 0.1) is 6.04 Å². The first-order valence-corrected chi connectivity index (χ1v) is 16.6. The molecular weight excluding hydrogens is 602 g/mol. The summed E-state index contributed by atoms with van der Waals surface area (Å²) in [6.45, 7) is 12.2. The van der Waals surface area contributed by atoms with Gasteiger partial charge in [-0.3, -0.25) is 19.3 Å². The van der Waals surface area contributed by atoms with E-state index in [2.05, 4.69) is 41.6 Å². The Morgan fingerprint density at radius 3 is 2.17 bits per heavy atom. The van der Waals surface area contributed by atoms with Gasteiger partial charge in [0, 0.05) is 56.7 Å². The van der Waals surface area contributed by atoms with Gasteiger partial charge < -0.3 is 37.1 Å². The Bertz CT molecular complexity index is 1140. The minimum atomic E-state index is -0.725. The molecule has 0 aromatic heterocycles. The molecule has 7 N–H and O–H groups in total. The van der Waals surface area contributed by atoms with E-state index in [1.807, 2.05) is 20.9 Å². The molecule has 13 nitrogen and oxygen atoms in total. The van der Waals surface area contributed by atoms with Crippen LogP contribution in [-0.2, 0) is 25.7 Å². The fraction of sp³-hybridized carbons (Fsp3) is 0.676. The van der Waals surface area contributed by atoms with Crippen molar-refractivity contribution in [2.45, 2.75) is 97.8 Å². The van der Waals surface area contributed by atoms with Gasteiger partial charge in [-0.05, 0) is 83.7 Å². The van der Waals surface area contributed by atoms with E-state index in [1.165, 1.54) is 4.90 Å². The molecule has 0 saturated carbocycles. The van der Waals surface area contributed by atoms with Gasteiger partial charge in [-0.25, -0.2) is 9.59 Å². The van der Waals surface area contributed by atoms with Crippen molar-refractivity contribution >= 4 is 35.4 Å². The summed E-state index contributed by atoms with van der Waals surface area (Å²) in [6, 6.07) is 5.53. The van der Waals surface area contributed by atoms with Crippen LogP contribution in [0.4, 0.5) is 15.3 Å². The number of primary amides is 1. The summed E-state index contributed by atoms with van der Waals surface area (Å²) in [7, 11) is 3.71. The minimum Gasteiger partial charge on any atom is -0.445 e. The Labute approximate surface area is 280 Å². The number of nitrogens with zero attached hydrogens (tertiary/aromatic N) is 2. The SMILES string of the molecule is CC(C)[C@H](NC(=O)CCCCCN)C(=O)C[C@@H](CCCNC(N)=O)C(=O)Nc1ccc(COC(=O)N(C)CCN(C)C(C)(C)C)cc1. The molecule has 1 aromatic rings. The maximum atomic E-state index is 13.4. The molecule has 47 heavy (non-hydrogen) atoms. The van der Waals surface area contributed by atoms with Gasteiger partial charge in [0.1, 0.15) is 6.61 Å². The van der Waals surface area contributed by atoms with Gasteiger partial charge in [0.2, 0.25) is 11.8 Å². The number of amides is 5. The molecule has 2 atom stereocenters. The zero-order valence-electron chi connectivity index (χ0n) is 29.5. The summed E-state index contributed by atoms with van der Waals surface area (Å²) in [5.41, 5.74) is 12.0. The molecule has 5 amide bonds. The van der Waals surface area contributed by atoms with Crippen molar-refractivity contribution in [2.24, 2.45) is 23.3 Å². The van der Waals surface area contributed by atoms with E-state index in [-0.39, 0.29) is 48.6 Å². The lowest BCUT2D eigenvalue weighted by atomic mass is 9.89. The maximum absolute atomic E-state index is 13.4. The summed E-state index contributed by atoms with van der Waals surface area (Å²) in [6.07, 6.45) is 2.92. The molecular formula is C34H59N7O6. The van der Waals surface area contributed by atoms with Gasteiger partial charge in [-0.2, -0.15) is 0 Å². The molecule has 0 radical (unpaired) electrons. The number of rotatable bonds is 21. The summed E-state index contributed by atoms with van der Waals surface area (Å²) in [5, 5.41) is 8.23.